The average molecular weight is 462 g/mol. The quantitative estimate of drug-likeness (QED) is 0.330. The van der Waals surface area contributed by atoms with Crippen molar-refractivity contribution in [2.24, 2.45) is 5.73 Å². The van der Waals surface area contributed by atoms with E-state index in [1.165, 1.54) is 0 Å². The van der Waals surface area contributed by atoms with Crippen LogP contribution in [0.25, 0.3) is 0 Å². The smallest absolute Gasteiger partial charge is 0.407 e. The summed E-state index contributed by atoms with van der Waals surface area (Å²) < 4.78 is 5.04. The summed E-state index contributed by atoms with van der Waals surface area (Å²) in [6, 6.07) is 8.20. The molecule has 2 atom stereocenters. The lowest BCUT2D eigenvalue weighted by molar-refractivity contribution is -0.128. The number of hydrogen-bond donors (Lipinski definition) is 4. The summed E-state index contributed by atoms with van der Waals surface area (Å²) in [4.78, 5) is 35.6. The fourth-order valence-electron chi connectivity index (χ4n) is 2.30. The second-order valence-corrected chi connectivity index (χ2v) is 14.2. The summed E-state index contributed by atoms with van der Waals surface area (Å²) in [5.74, 6) is 1.75. The highest BCUT2D eigenvalue weighted by molar-refractivity contribution is 6.87. The Morgan fingerprint density at radius 1 is 1.19 bits per heavy atom. The van der Waals surface area contributed by atoms with Crippen molar-refractivity contribution < 1.29 is 24.2 Å². The van der Waals surface area contributed by atoms with Crippen molar-refractivity contribution in [3.05, 3.63) is 35.9 Å². The van der Waals surface area contributed by atoms with Gasteiger partial charge in [0.1, 0.15) is 20.7 Å². The van der Waals surface area contributed by atoms with E-state index in [2.05, 4.69) is 56.0 Å². The summed E-state index contributed by atoms with van der Waals surface area (Å²) in [7, 11) is -1.84. The average Bonchev–Trinajstić information content (AvgIpc) is 2.69. The summed E-state index contributed by atoms with van der Waals surface area (Å²) in [5.41, 5.74) is 9.49. The van der Waals surface area contributed by atoms with Crippen LogP contribution in [0, 0.1) is 11.5 Å². The van der Waals surface area contributed by atoms with Crippen molar-refractivity contribution in [2.75, 3.05) is 6.54 Å². The van der Waals surface area contributed by atoms with E-state index in [1.807, 2.05) is 30.3 Å². The summed E-state index contributed by atoms with van der Waals surface area (Å²) in [5, 5.41) is 15.0. The largest absolute Gasteiger partial charge is 0.445 e. The van der Waals surface area contributed by atoms with Gasteiger partial charge in [-0.05, 0) is 10.6 Å². The number of carbonyl (C=O) groups excluding carboxylic acids is 3. The maximum atomic E-state index is 12.2. The van der Waals surface area contributed by atoms with Crippen LogP contribution in [0.2, 0.25) is 18.1 Å². The molecule has 0 fully saturated rings. The van der Waals surface area contributed by atoms with Gasteiger partial charge in [-0.3, -0.25) is 9.59 Å². The van der Waals surface area contributed by atoms with Crippen LogP contribution >= 0.6 is 0 Å². The van der Waals surface area contributed by atoms with Crippen LogP contribution in [-0.4, -0.2) is 49.8 Å². The molecule has 1 aromatic carbocycles. The van der Waals surface area contributed by atoms with Gasteiger partial charge in [0.15, 0.2) is 0 Å². The van der Waals surface area contributed by atoms with Crippen LogP contribution in [-0.2, 0) is 20.9 Å². The standard InChI is InChI=1S/C23H35N3O5Si/c1-23(2,3)32(4,5)13-9-12-19(21(24)29)26-20(28)14-18(27)15-25-22(30)31-16-17-10-7-6-8-11-17/h6-8,10-11,18-19,27H,12,14-16H2,1-5H3,(H2,24,29)(H,25,30)(H,26,28)/t18-,19-/m1/s1. The number of aliphatic hydroxyl groups excluding tert-OH is 1. The zero-order valence-electron chi connectivity index (χ0n) is 19.5. The van der Waals surface area contributed by atoms with Crippen molar-refractivity contribution in [1.82, 2.24) is 10.6 Å². The molecule has 9 heteroatoms. The fourth-order valence-corrected chi connectivity index (χ4v) is 3.22. The van der Waals surface area contributed by atoms with Gasteiger partial charge >= 0.3 is 6.09 Å². The van der Waals surface area contributed by atoms with E-state index in [0.717, 1.165) is 5.56 Å². The first-order valence-corrected chi connectivity index (χ1v) is 13.5. The zero-order valence-corrected chi connectivity index (χ0v) is 20.5. The molecule has 0 bridgehead atoms. The number of nitrogens with two attached hydrogens (primary N) is 1. The molecule has 0 aromatic heterocycles. The molecule has 176 valence electrons. The number of aliphatic hydroxyl groups is 1. The van der Waals surface area contributed by atoms with E-state index in [4.69, 9.17) is 10.5 Å². The van der Waals surface area contributed by atoms with Crippen molar-refractivity contribution in [1.29, 1.82) is 0 Å². The van der Waals surface area contributed by atoms with Gasteiger partial charge in [0.25, 0.3) is 0 Å². The number of benzene rings is 1. The van der Waals surface area contributed by atoms with Crippen LogP contribution in [0.15, 0.2) is 30.3 Å². The highest BCUT2D eigenvalue weighted by atomic mass is 28.3. The SMILES string of the molecule is CC(C)(C)[Si](C)(C)C#CC[C@@H](NC(=O)C[C@@H](O)CNC(=O)OCc1ccccc1)C(N)=O. The lowest BCUT2D eigenvalue weighted by atomic mass is 10.1. The Morgan fingerprint density at radius 2 is 1.81 bits per heavy atom. The van der Waals surface area contributed by atoms with Gasteiger partial charge in [0, 0.05) is 13.0 Å². The Balaban J connectivity index is 2.45. The fraction of sp³-hybridized carbons (Fsp3) is 0.522. The lowest BCUT2D eigenvalue weighted by Gasteiger charge is -2.31. The molecule has 0 spiro atoms. The number of primary amides is 1. The van der Waals surface area contributed by atoms with Gasteiger partial charge in [-0.1, -0.05) is 64.2 Å². The molecule has 1 rings (SSSR count). The number of ether oxygens (including phenoxy) is 1. The Labute approximate surface area is 191 Å². The van der Waals surface area contributed by atoms with Crippen LogP contribution in [0.5, 0.6) is 0 Å². The van der Waals surface area contributed by atoms with E-state index in [1.54, 1.807) is 0 Å². The van der Waals surface area contributed by atoms with Gasteiger partial charge in [-0.2, -0.15) is 0 Å². The molecule has 0 aliphatic carbocycles. The molecule has 5 N–H and O–H groups in total. The Bertz CT molecular complexity index is 841. The molecule has 0 radical (unpaired) electrons. The molecule has 0 aliphatic rings. The maximum Gasteiger partial charge on any atom is 0.407 e. The van der Waals surface area contributed by atoms with Crippen LogP contribution in [0.4, 0.5) is 4.79 Å². The monoisotopic (exact) mass is 461 g/mol. The van der Waals surface area contributed by atoms with Crippen molar-refractivity contribution in [3.8, 4) is 11.5 Å². The van der Waals surface area contributed by atoms with E-state index >= 15 is 0 Å². The number of nitrogens with one attached hydrogen (secondary N) is 2. The number of alkyl carbamates (subject to hydrolysis) is 1. The zero-order chi connectivity index (χ0) is 24.4. The van der Waals surface area contributed by atoms with E-state index in [-0.39, 0.29) is 31.0 Å². The van der Waals surface area contributed by atoms with Crippen molar-refractivity contribution in [3.63, 3.8) is 0 Å². The van der Waals surface area contributed by atoms with Crippen LogP contribution < -0.4 is 16.4 Å². The predicted molar refractivity (Wildman–Crippen MR) is 126 cm³/mol. The van der Waals surface area contributed by atoms with Gasteiger partial charge in [-0.15, -0.1) is 11.5 Å². The minimum absolute atomic E-state index is 0.0742. The first-order chi connectivity index (χ1) is 14.8. The maximum absolute atomic E-state index is 12.2. The molecular weight excluding hydrogens is 426 g/mol. The predicted octanol–water partition coefficient (Wildman–Crippen LogP) is 2.08. The third-order valence-corrected chi connectivity index (χ3v) is 9.93. The minimum Gasteiger partial charge on any atom is -0.445 e. The molecule has 32 heavy (non-hydrogen) atoms. The van der Waals surface area contributed by atoms with Crippen LogP contribution in [0.3, 0.4) is 0 Å². The van der Waals surface area contributed by atoms with E-state index in [9.17, 15) is 19.5 Å². The summed E-state index contributed by atoms with van der Waals surface area (Å²) in [6.45, 7) is 10.6. The van der Waals surface area contributed by atoms with Crippen molar-refractivity contribution in [2.45, 2.75) is 70.5 Å². The third-order valence-electron chi connectivity index (χ3n) is 5.38. The molecule has 0 heterocycles. The highest BCUT2D eigenvalue weighted by Gasteiger charge is 2.33. The van der Waals surface area contributed by atoms with Gasteiger partial charge < -0.3 is 26.2 Å². The summed E-state index contributed by atoms with van der Waals surface area (Å²) in [6.07, 6.45) is -2.05. The topological polar surface area (TPSA) is 131 Å². The Morgan fingerprint density at radius 3 is 2.38 bits per heavy atom. The third kappa shape index (κ3) is 9.98. The number of amides is 3. The molecule has 0 saturated heterocycles. The van der Waals surface area contributed by atoms with Gasteiger partial charge in [-0.25, -0.2) is 4.79 Å². The Hall–Kier alpha value is -2.83. The molecule has 0 saturated carbocycles. The molecular formula is C23H35N3O5Si. The molecule has 0 unspecified atom stereocenters. The van der Waals surface area contributed by atoms with Crippen molar-refractivity contribution >= 4 is 26.0 Å². The number of hydrogen-bond acceptors (Lipinski definition) is 5. The second kappa shape index (κ2) is 12.3. The lowest BCUT2D eigenvalue weighted by Crippen LogP contribution is -2.46. The van der Waals surface area contributed by atoms with Gasteiger partial charge in [0.05, 0.1) is 12.5 Å². The Kier molecular flexibility index (Phi) is 10.4. The second-order valence-electron chi connectivity index (χ2n) is 9.20. The first kappa shape index (κ1) is 27.2. The number of carbonyl (C=O) groups is 3. The van der Waals surface area contributed by atoms with E-state index < -0.39 is 38.1 Å². The molecule has 1 aromatic rings. The normalized spacial score (nSPS) is 13.2. The molecule has 8 nitrogen and oxygen atoms in total. The highest BCUT2D eigenvalue weighted by Crippen LogP contribution is 2.35. The molecule has 3 amide bonds. The molecule has 0 aliphatic heterocycles. The minimum atomic E-state index is -1.84. The summed E-state index contributed by atoms with van der Waals surface area (Å²) >= 11 is 0. The van der Waals surface area contributed by atoms with Gasteiger partial charge in [0.2, 0.25) is 11.8 Å². The van der Waals surface area contributed by atoms with E-state index in [0.29, 0.717) is 0 Å². The van der Waals surface area contributed by atoms with Crippen LogP contribution in [0.1, 0.15) is 39.2 Å². The number of rotatable bonds is 9. The first-order valence-electron chi connectivity index (χ1n) is 10.5.